The Bertz CT molecular complexity index is 1140. The van der Waals surface area contributed by atoms with Gasteiger partial charge in [0.2, 0.25) is 0 Å². The molecule has 0 saturated heterocycles. The van der Waals surface area contributed by atoms with E-state index in [-0.39, 0.29) is 40.0 Å². The SMILES string of the molecule is COC(=O)[C@]12CC[C@](C)(C(=O)O)C[C@H]1C1=CC[C@@H]3[C@@]4(C)C[C@H](OC(C)=O)[C@H](O)C(C)(C)[C@@H]4CC[C@@]3(C)[C@]1(C)CC2. The van der Waals surface area contributed by atoms with Crippen molar-refractivity contribution in [3.8, 4) is 0 Å². The molecule has 0 amide bonds. The summed E-state index contributed by atoms with van der Waals surface area (Å²) in [5, 5.41) is 21.5. The number of aliphatic hydroxyl groups is 1. The summed E-state index contributed by atoms with van der Waals surface area (Å²) in [7, 11) is 1.46. The zero-order valence-corrected chi connectivity index (χ0v) is 25.8. The van der Waals surface area contributed by atoms with Gasteiger partial charge in [0.15, 0.2) is 0 Å². The molecule has 0 aromatic rings. The normalized spacial score (nSPS) is 49.2. The van der Waals surface area contributed by atoms with Gasteiger partial charge in [0.25, 0.3) is 0 Å². The Labute approximate surface area is 239 Å². The molecule has 0 aromatic heterocycles. The van der Waals surface area contributed by atoms with Crippen LogP contribution in [0.4, 0.5) is 0 Å². The van der Waals surface area contributed by atoms with Crippen LogP contribution in [0.15, 0.2) is 11.6 Å². The van der Waals surface area contributed by atoms with Crippen molar-refractivity contribution >= 4 is 17.9 Å². The second-order valence-corrected chi connectivity index (χ2v) is 15.7. The fourth-order valence-corrected chi connectivity index (χ4v) is 11.3. The number of carbonyl (C=O) groups excluding carboxylic acids is 2. The Kier molecular flexibility index (Phi) is 6.70. The van der Waals surface area contributed by atoms with Crippen LogP contribution in [0.3, 0.4) is 0 Å². The number of methoxy groups -OCH3 is 1. The quantitative estimate of drug-likeness (QED) is 0.326. The third-order valence-corrected chi connectivity index (χ3v) is 13.8. The molecular formula is C33H50O7. The maximum Gasteiger partial charge on any atom is 0.312 e. The van der Waals surface area contributed by atoms with Crippen LogP contribution in [0.5, 0.6) is 0 Å². The molecule has 224 valence electrons. The van der Waals surface area contributed by atoms with Crippen LogP contribution in [-0.2, 0) is 23.9 Å². The van der Waals surface area contributed by atoms with E-state index >= 15 is 0 Å². The summed E-state index contributed by atoms with van der Waals surface area (Å²) in [5.41, 5.74) is -1.11. The van der Waals surface area contributed by atoms with Crippen molar-refractivity contribution < 1.29 is 34.1 Å². The number of aliphatic hydroxyl groups excluding tert-OH is 1. The molecule has 0 aromatic carbocycles. The molecule has 0 spiro atoms. The third-order valence-electron chi connectivity index (χ3n) is 13.8. The van der Waals surface area contributed by atoms with Gasteiger partial charge in [-0.2, -0.15) is 0 Å². The molecule has 7 nitrogen and oxygen atoms in total. The summed E-state index contributed by atoms with van der Waals surface area (Å²) in [6, 6.07) is 0. The number of esters is 2. The largest absolute Gasteiger partial charge is 0.481 e. The highest BCUT2D eigenvalue weighted by molar-refractivity contribution is 5.80. The highest BCUT2D eigenvalue weighted by atomic mass is 16.6. The number of ether oxygens (including phenoxy) is 2. The van der Waals surface area contributed by atoms with E-state index < -0.39 is 34.4 Å². The predicted octanol–water partition coefficient (Wildman–Crippen LogP) is 5.93. The van der Waals surface area contributed by atoms with Crippen molar-refractivity contribution in [1.82, 2.24) is 0 Å². The van der Waals surface area contributed by atoms with Crippen LogP contribution < -0.4 is 0 Å². The Hall–Kier alpha value is -1.89. The molecular weight excluding hydrogens is 508 g/mol. The average Bonchev–Trinajstić information content (AvgIpc) is 2.86. The molecule has 0 unspecified atom stereocenters. The van der Waals surface area contributed by atoms with E-state index in [1.165, 1.54) is 19.6 Å². The molecule has 40 heavy (non-hydrogen) atoms. The lowest BCUT2D eigenvalue weighted by atomic mass is 9.33. The number of fused-ring (bicyclic) bond motifs is 7. The van der Waals surface area contributed by atoms with Crippen LogP contribution in [0.1, 0.15) is 106 Å². The van der Waals surface area contributed by atoms with Gasteiger partial charge in [-0.05, 0) is 104 Å². The first-order valence-electron chi connectivity index (χ1n) is 15.3. The number of carboxylic acid groups (broad SMARTS) is 1. The summed E-state index contributed by atoms with van der Waals surface area (Å²) >= 11 is 0. The topological polar surface area (TPSA) is 110 Å². The smallest absolute Gasteiger partial charge is 0.312 e. The van der Waals surface area contributed by atoms with Crippen molar-refractivity contribution in [2.24, 2.45) is 50.2 Å². The minimum absolute atomic E-state index is 0.0825. The van der Waals surface area contributed by atoms with Gasteiger partial charge in [-0.15, -0.1) is 0 Å². The number of carboxylic acids is 1. The predicted molar refractivity (Wildman–Crippen MR) is 150 cm³/mol. The van der Waals surface area contributed by atoms with Crippen LogP contribution in [0.2, 0.25) is 0 Å². The van der Waals surface area contributed by atoms with Crippen LogP contribution in [0.25, 0.3) is 0 Å². The molecule has 5 aliphatic rings. The monoisotopic (exact) mass is 558 g/mol. The molecule has 4 saturated carbocycles. The lowest BCUT2D eigenvalue weighted by molar-refractivity contribution is -0.237. The second kappa shape index (κ2) is 9.05. The number of rotatable bonds is 3. The van der Waals surface area contributed by atoms with Crippen molar-refractivity contribution in [3.63, 3.8) is 0 Å². The molecule has 5 aliphatic carbocycles. The highest BCUT2D eigenvalue weighted by Crippen LogP contribution is 2.76. The Balaban J connectivity index is 1.61. The number of carbonyl (C=O) groups is 3. The van der Waals surface area contributed by atoms with Gasteiger partial charge in [-0.1, -0.05) is 46.3 Å². The molecule has 10 atom stereocenters. The van der Waals surface area contributed by atoms with Crippen molar-refractivity contribution in [1.29, 1.82) is 0 Å². The van der Waals surface area contributed by atoms with E-state index in [9.17, 15) is 24.6 Å². The zero-order chi connectivity index (χ0) is 29.7. The van der Waals surface area contributed by atoms with Crippen molar-refractivity contribution in [2.75, 3.05) is 7.11 Å². The van der Waals surface area contributed by atoms with Gasteiger partial charge >= 0.3 is 17.9 Å². The van der Waals surface area contributed by atoms with Crippen LogP contribution in [0, 0.1) is 50.2 Å². The number of allylic oxidation sites excluding steroid dienone is 2. The number of hydrogen-bond acceptors (Lipinski definition) is 6. The minimum atomic E-state index is -0.872. The van der Waals surface area contributed by atoms with Crippen molar-refractivity contribution in [2.45, 2.75) is 118 Å². The lowest BCUT2D eigenvalue weighted by Gasteiger charge is -2.71. The van der Waals surface area contributed by atoms with E-state index in [1.54, 1.807) is 0 Å². The van der Waals surface area contributed by atoms with Gasteiger partial charge in [0.05, 0.1) is 24.0 Å². The Morgan fingerprint density at radius 3 is 2.17 bits per heavy atom. The van der Waals surface area contributed by atoms with E-state index in [1.807, 2.05) is 6.92 Å². The Morgan fingerprint density at radius 2 is 1.57 bits per heavy atom. The molecule has 0 radical (unpaired) electrons. The summed E-state index contributed by atoms with van der Waals surface area (Å²) in [6.07, 6.45) is 7.61. The van der Waals surface area contributed by atoms with E-state index in [4.69, 9.17) is 9.47 Å². The van der Waals surface area contributed by atoms with Gasteiger partial charge in [-0.3, -0.25) is 14.4 Å². The van der Waals surface area contributed by atoms with Gasteiger partial charge in [0.1, 0.15) is 6.10 Å². The number of hydrogen-bond donors (Lipinski definition) is 2. The van der Waals surface area contributed by atoms with Crippen LogP contribution >= 0.6 is 0 Å². The third kappa shape index (κ3) is 3.67. The molecule has 0 aliphatic heterocycles. The van der Waals surface area contributed by atoms with E-state index in [0.29, 0.717) is 38.0 Å². The Morgan fingerprint density at radius 1 is 0.925 bits per heavy atom. The fraction of sp³-hybridized carbons (Fsp3) is 0.848. The van der Waals surface area contributed by atoms with E-state index in [2.05, 4.69) is 40.7 Å². The first-order valence-corrected chi connectivity index (χ1v) is 15.3. The zero-order valence-electron chi connectivity index (χ0n) is 25.8. The molecule has 0 heterocycles. The number of aliphatic carboxylic acids is 1. The molecule has 0 bridgehead atoms. The first kappa shape index (κ1) is 29.6. The highest BCUT2D eigenvalue weighted by Gasteiger charge is 2.70. The van der Waals surface area contributed by atoms with Crippen molar-refractivity contribution in [3.05, 3.63) is 11.6 Å². The molecule has 5 rings (SSSR count). The minimum Gasteiger partial charge on any atom is -0.481 e. The molecule has 7 heteroatoms. The van der Waals surface area contributed by atoms with Gasteiger partial charge in [0, 0.05) is 6.92 Å². The molecule has 4 fully saturated rings. The summed E-state index contributed by atoms with van der Waals surface area (Å²) in [4.78, 5) is 37.9. The average molecular weight is 559 g/mol. The second-order valence-electron chi connectivity index (χ2n) is 15.7. The van der Waals surface area contributed by atoms with E-state index in [0.717, 1.165) is 25.7 Å². The maximum atomic E-state index is 13.4. The summed E-state index contributed by atoms with van der Waals surface area (Å²) < 4.78 is 11.2. The lowest BCUT2D eigenvalue weighted by Crippen LogP contribution is -2.67. The van der Waals surface area contributed by atoms with Gasteiger partial charge < -0.3 is 19.7 Å². The summed E-state index contributed by atoms with van der Waals surface area (Å²) in [5.74, 6) is -0.911. The van der Waals surface area contributed by atoms with Crippen LogP contribution in [-0.4, -0.2) is 47.4 Å². The molecule has 2 N–H and O–H groups in total. The van der Waals surface area contributed by atoms with Gasteiger partial charge in [-0.25, -0.2) is 0 Å². The first-order chi connectivity index (χ1) is 18.4. The standard InChI is InChI=1S/C33H50O7/c1-19(34)40-22-18-30(5)23(28(2,3)25(22)35)11-12-32(7)24(30)10-9-20-21-17-29(4,26(36)37)13-15-33(21,27(38)39-8)16-14-31(20,32)6/h9,21-25,35H,10-18H2,1-8H3,(H,36,37)/t21-,22-,23-,24+,25-,29-,30-,31+,32+,33-/m0/s1. The maximum absolute atomic E-state index is 13.4. The summed E-state index contributed by atoms with van der Waals surface area (Å²) in [6.45, 7) is 14.7. The fourth-order valence-electron chi connectivity index (χ4n) is 11.3.